The number of aliphatic hydroxyl groups excluding tert-OH is 1. The molecule has 6 nitrogen and oxygen atoms in total. The number of aryl methyl sites for hydroxylation is 2. The van der Waals surface area contributed by atoms with E-state index in [1.54, 1.807) is 18.5 Å². The highest BCUT2D eigenvalue weighted by Crippen LogP contribution is 2.26. The first-order valence-corrected chi connectivity index (χ1v) is 7.55. The van der Waals surface area contributed by atoms with Crippen LogP contribution in [0.5, 0.6) is 0 Å². The van der Waals surface area contributed by atoms with E-state index in [4.69, 9.17) is 0 Å². The molecule has 0 aliphatic heterocycles. The highest BCUT2D eigenvalue weighted by molar-refractivity contribution is 7.89. The molecule has 7 heteroatoms. The molecule has 1 aromatic heterocycles. The first-order valence-electron chi connectivity index (χ1n) is 6.07. The van der Waals surface area contributed by atoms with Gasteiger partial charge in [-0.05, 0) is 25.7 Å². The molecule has 0 bridgehead atoms. The zero-order valence-corrected chi connectivity index (χ0v) is 11.4. The molecule has 0 aromatic carbocycles. The van der Waals surface area contributed by atoms with E-state index in [-0.39, 0.29) is 23.6 Å². The Morgan fingerprint density at radius 3 is 2.83 bits per heavy atom. The van der Waals surface area contributed by atoms with Crippen molar-refractivity contribution in [1.29, 1.82) is 0 Å². The summed E-state index contributed by atoms with van der Waals surface area (Å²) in [6, 6.07) is -0.178. The summed E-state index contributed by atoms with van der Waals surface area (Å²) in [6.45, 7) is 1.78. The molecule has 1 fully saturated rings. The van der Waals surface area contributed by atoms with Crippen molar-refractivity contribution in [3.05, 3.63) is 12.0 Å². The van der Waals surface area contributed by atoms with Crippen LogP contribution >= 0.6 is 0 Å². The number of rotatable bonds is 4. The van der Waals surface area contributed by atoms with E-state index in [0.717, 1.165) is 19.3 Å². The van der Waals surface area contributed by atoms with Gasteiger partial charge in [-0.3, -0.25) is 0 Å². The molecule has 1 aliphatic carbocycles. The van der Waals surface area contributed by atoms with Crippen molar-refractivity contribution in [2.45, 2.75) is 37.3 Å². The van der Waals surface area contributed by atoms with Crippen LogP contribution in [0.3, 0.4) is 0 Å². The topological polar surface area (TPSA) is 84.2 Å². The van der Waals surface area contributed by atoms with Crippen molar-refractivity contribution in [1.82, 2.24) is 14.3 Å². The molecule has 0 amide bonds. The Labute approximate surface area is 107 Å². The molecule has 102 valence electrons. The first kappa shape index (κ1) is 13.5. The number of hydrogen-bond acceptors (Lipinski definition) is 4. The number of aromatic nitrogens is 2. The van der Waals surface area contributed by atoms with Gasteiger partial charge in [-0.2, -0.15) is 0 Å². The Morgan fingerprint density at radius 2 is 2.28 bits per heavy atom. The fraction of sp³-hybridized carbons (Fsp3) is 0.727. The second-order valence-corrected chi connectivity index (χ2v) is 6.50. The van der Waals surface area contributed by atoms with Gasteiger partial charge in [0.2, 0.25) is 0 Å². The summed E-state index contributed by atoms with van der Waals surface area (Å²) in [4.78, 5) is 4.02. The maximum Gasteiger partial charge on any atom is 0.259 e. The summed E-state index contributed by atoms with van der Waals surface area (Å²) in [5.41, 5.74) is 0. The van der Waals surface area contributed by atoms with Crippen LogP contribution < -0.4 is 4.72 Å². The second kappa shape index (κ2) is 4.99. The molecule has 1 aliphatic rings. The molecular formula is C11H19N3O3S. The molecule has 0 radical (unpaired) electrons. The Kier molecular flexibility index (Phi) is 3.74. The fourth-order valence-corrected chi connectivity index (χ4v) is 3.70. The SMILES string of the molecule is Cc1nc(S(=O)(=O)NC2CCCC2CO)cn1C. The van der Waals surface area contributed by atoms with Crippen LogP contribution in [-0.4, -0.2) is 35.7 Å². The van der Waals surface area contributed by atoms with Gasteiger partial charge in [-0.25, -0.2) is 18.1 Å². The van der Waals surface area contributed by atoms with E-state index < -0.39 is 10.0 Å². The quantitative estimate of drug-likeness (QED) is 0.819. The number of nitrogens with zero attached hydrogens (tertiary/aromatic N) is 2. The van der Waals surface area contributed by atoms with Crippen molar-refractivity contribution >= 4 is 10.0 Å². The Bertz CT molecular complexity index is 504. The molecule has 0 saturated heterocycles. The van der Waals surface area contributed by atoms with Gasteiger partial charge in [0.1, 0.15) is 5.82 Å². The summed E-state index contributed by atoms with van der Waals surface area (Å²) < 4.78 is 28.6. The predicted molar refractivity (Wildman–Crippen MR) is 66.5 cm³/mol. The van der Waals surface area contributed by atoms with Gasteiger partial charge in [0.05, 0.1) is 0 Å². The number of aliphatic hydroxyl groups is 1. The van der Waals surface area contributed by atoms with Crippen molar-refractivity contribution in [3.8, 4) is 0 Å². The van der Waals surface area contributed by atoms with Gasteiger partial charge < -0.3 is 9.67 Å². The Balaban J connectivity index is 2.17. The molecule has 2 atom stereocenters. The zero-order valence-electron chi connectivity index (χ0n) is 10.6. The van der Waals surface area contributed by atoms with E-state index in [2.05, 4.69) is 9.71 Å². The molecule has 1 aromatic rings. The number of hydrogen-bond donors (Lipinski definition) is 2. The summed E-state index contributed by atoms with van der Waals surface area (Å²) in [7, 11) is -1.82. The average Bonchev–Trinajstić information content (AvgIpc) is 2.86. The van der Waals surface area contributed by atoms with Crippen molar-refractivity contribution in [2.24, 2.45) is 13.0 Å². The van der Waals surface area contributed by atoms with Crippen molar-refractivity contribution < 1.29 is 13.5 Å². The maximum atomic E-state index is 12.1. The maximum absolute atomic E-state index is 12.1. The predicted octanol–water partition coefficient (Wildman–Crippen LogP) is 0.168. The van der Waals surface area contributed by atoms with Crippen LogP contribution in [0.2, 0.25) is 0 Å². The minimum Gasteiger partial charge on any atom is -0.396 e. The molecular weight excluding hydrogens is 254 g/mol. The van der Waals surface area contributed by atoms with Crippen LogP contribution in [0.25, 0.3) is 0 Å². The lowest BCUT2D eigenvalue weighted by atomic mass is 10.1. The molecule has 2 N–H and O–H groups in total. The lowest BCUT2D eigenvalue weighted by Gasteiger charge is -2.17. The third kappa shape index (κ3) is 2.57. The van der Waals surface area contributed by atoms with Crippen LogP contribution in [-0.2, 0) is 17.1 Å². The van der Waals surface area contributed by atoms with Crippen LogP contribution in [0.15, 0.2) is 11.2 Å². The number of imidazole rings is 1. The average molecular weight is 273 g/mol. The van der Waals surface area contributed by atoms with E-state index in [9.17, 15) is 13.5 Å². The lowest BCUT2D eigenvalue weighted by molar-refractivity contribution is 0.213. The van der Waals surface area contributed by atoms with Gasteiger partial charge in [-0.1, -0.05) is 6.42 Å². The van der Waals surface area contributed by atoms with Crippen LogP contribution in [0.1, 0.15) is 25.1 Å². The summed E-state index contributed by atoms with van der Waals surface area (Å²) in [5.74, 6) is 0.671. The van der Waals surface area contributed by atoms with Crippen molar-refractivity contribution in [3.63, 3.8) is 0 Å². The smallest absolute Gasteiger partial charge is 0.259 e. The Morgan fingerprint density at radius 1 is 1.56 bits per heavy atom. The van der Waals surface area contributed by atoms with Gasteiger partial charge >= 0.3 is 0 Å². The minimum atomic E-state index is -3.58. The number of sulfonamides is 1. The van der Waals surface area contributed by atoms with Gasteiger partial charge in [0.25, 0.3) is 10.0 Å². The second-order valence-electron chi connectivity index (χ2n) is 4.84. The van der Waals surface area contributed by atoms with E-state index >= 15 is 0 Å². The molecule has 2 rings (SSSR count). The van der Waals surface area contributed by atoms with Crippen LogP contribution in [0, 0.1) is 12.8 Å². The summed E-state index contributed by atoms with van der Waals surface area (Å²) >= 11 is 0. The number of nitrogens with one attached hydrogen (secondary N) is 1. The fourth-order valence-electron chi connectivity index (χ4n) is 2.33. The molecule has 1 heterocycles. The monoisotopic (exact) mass is 273 g/mol. The summed E-state index contributed by atoms with van der Waals surface area (Å²) in [6.07, 6.45) is 4.08. The molecule has 18 heavy (non-hydrogen) atoms. The van der Waals surface area contributed by atoms with E-state index in [1.165, 1.54) is 6.20 Å². The minimum absolute atomic E-state index is 0.0181. The molecule has 1 saturated carbocycles. The highest BCUT2D eigenvalue weighted by atomic mass is 32.2. The first-order chi connectivity index (χ1) is 8.44. The van der Waals surface area contributed by atoms with Gasteiger partial charge in [0, 0.05) is 25.9 Å². The molecule has 2 unspecified atom stereocenters. The van der Waals surface area contributed by atoms with Gasteiger partial charge in [-0.15, -0.1) is 0 Å². The van der Waals surface area contributed by atoms with E-state index in [0.29, 0.717) is 5.82 Å². The Hall–Kier alpha value is -0.920. The molecule has 0 spiro atoms. The largest absolute Gasteiger partial charge is 0.396 e. The van der Waals surface area contributed by atoms with Crippen molar-refractivity contribution in [2.75, 3.05) is 6.61 Å². The van der Waals surface area contributed by atoms with E-state index in [1.807, 2.05) is 0 Å². The van der Waals surface area contributed by atoms with Crippen LogP contribution in [0.4, 0.5) is 0 Å². The lowest BCUT2D eigenvalue weighted by Crippen LogP contribution is -2.38. The normalized spacial score (nSPS) is 24.6. The summed E-state index contributed by atoms with van der Waals surface area (Å²) in [5, 5.41) is 9.24. The highest BCUT2D eigenvalue weighted by Gasteiger charge is 2.31. The third-order valence-electron chi connectivity index (χ3n) is 3.56. The van der Waals surface area contributed by atoms with Gasteiger partial charge in [0.15, 0.2) is 5.03 Å². The third-order valence-corrected chi connectivity index (χ3v) is 4.92. The zero-order chi connectivity index (χ0) is 13.3. The standard InChI is InChI=1S/C11H19N3O3S/c1-8-12-11(6-14(8)2)18(16,17)13-10-5-3-4-9(10)7-15/h6,9-10,13,15H,3-5,7H2,1-2H3.